The van der Waals surface area contributed by atoms with Crippen LogP contribution < -0.4 is 0 Å². The van der Waals surface area contributed by atoms with Crippen LogP contribution in [0.5, 0.6) is 0 Å². The molecule has 0 unspecified atom stereocenters. The highest BCUT2D eigenvalue weighted by molar-refractivity contribution is 7.98. The molecule has 0 N–H and O–H groups in total. The minimum Gasteiger partial charge on any atom is -0.461 e. The Bertz CT molecular complexity index is 1250. The van der Waals surface area contributed by atoms with Crippen LogP contribution in [-0.2, 0) is 5.75 Å². The van der Waals surface area contributed by atoms with Crippen LogP contribution in [0.15, 0.2) is 93.2 Å². The smallest absolute Gasteiger partial charge is 0.205 e. The lowest BCUT2D eigenvalue weighted by atomic mass is 10.2. The number of thioether (sulfide) groups is 1. The van der Waals surface area contributed by atoms with Gasteiger partial charge in [0.2, 0.25) is 11.7 Å². The van der Waals surface area contributed by atoms with Crippen molar-refractivity contribution in [1.82, 2.24) is 19.7 Å². The maximum absolute atomic E-state index is 13.1. The first-order valence-electron chi connectivity index (χ1n) is 9.16. The maximum Gasteiger partial charge on any atom is 0.205 e. The molecule has 0 amide bonds. The summed E-state index contributed by atoms with van der Waals surface area (Å²) in [5.41, 5.74) is 1.70. The van der Waals surface area contributed by atoms with E-state index in [1.54, 1.807) is 24.6 Å². The predicted molar refractivity (Wildman–Crippen MR) is 111 cm³/mol. The summed E-state index contributed by atoms with van der Waals surface area (Å²) in [5, 5.41) is 9.35. The Kier molecular flexibility index (Phi) is 4.90. The van der Waals surface area contributed by atoms with Gasteiger partial charge in [0.25, 0.3) is 0 Å². The van der Waals surface area contributed by atoms with E-state index in [0.717, 1.165) is 11.3 Å². The molecule has 30 heavy (non-hydrogen) atoms. The molecule has 0 fully saturated rings. The summed E-state index contributed by atoms with van der Waals surface area (Å²) in [4.78, 5) is 4.33. The van der Waals surface area contributed by atoms with E-state index < -0.39 is 0 Å². The molecule has 0 radical (unpaired) electrons. The lowest BCUT2D eigenvalue weighted by Crippen LogP contribution is -1.99. The molecule has 0 saturated heterocycles. The van der Waals surface area contributed by atoms with Gasteiger partial charge in [0.05, 0.1) is 18.2 Å². The molecule has 0 saturated carbocycles. The van der Waals surface area contributed by atoms with Crippen LogP contribution >= 0.6 is 11.8 Å². The molecule has 0 aliphatic heterocycles. The first-order valence-corrected chi connectivity index (χ1v) is 10.1. The molecule has 6 nitrogen and oxygen atoms in total. The number of furan rings is 1. The van der Waals surface area contributed by atoms with Crippen molar-refractivity contribution in [3.05, 3.63) is 90.9 Å². The Morgan fingerprint density at radius 1 is 0.900 bits per heavy atom. The van der Waals surface area contributed by atoms with Gasteiger partial charge < -0.3 is 8.83 Å². The second-order valence-electron chi connectivity index (χ2n) is 6.37. The predicted octanol–water partition coefficient (Wildman–Crippen LogP) is 5.61. The molecule has 5 aromatic rings. The summed E-state index contributed by atoms with van der Waals surface area (Å²) in [6, 6.07) is 19.6. The van der Waals surface area contributed by atoms with Crippen LogP contribution in [0, 0.1) is 5.82 Å². The number of benzene rings is 2. The average molecular weight is 418 g/mol. The zero-order valence-electron chi connectivity index (χ0n) is 15.6. The van der Waals surface area contributed by atoms with Crippen molar-refractivity contribution in [2.24, 2.45) is 0 Å². The molecule has 2 aromatic carbocycles. The molecule has 0 bridgehead atoms. The van der Waals surface area contributed by atoms with Gasteiger partial charge in [-0.25, -0.2) is 9.37 Å². The molecule has 0 spiro atoms. The fourth-order valence-corrected chi connectivity index (χ4v) is 3.80. The number of oxazole rings is 1. The van der Waals surface area contributed by atoms with E-state index in [0.29, 0.717) is 34.1 Å². The van der Waals surface area contributed by atoms with E-state index in [9.17, 15) is 4.39 Å². The minimum atomic E-state index is -0.290. The lowest BCUT2D eigenvalue weighted by molar-refractivity contribution is 0.529. The highest BCUT2D eigenvalue weighted by Crippen LogP contribution is 2.30. The monoisotopic (exact) mass is 418 g/mol. The van der Waals surface area contributed by atoms with Gasteiger partial charge in [0.1, 0.15) is 5.82 Å². The summed E-state index contributed by atoms with van der Waals surface area (Å²) in [6.07, 6.45) is 3.25. The van der Waals surface area contributed by atoms with Gasteiger partial charge in [0.15, 0.2) is 16.7 Å². The van der Waals surface area contributed by atoms with Gasteiger partial charge >= 0.3 is 0 Å². The Morgan fingerprint density at radius 3 is 2.50 bits per heavy atom. The Labute approximate surface area is 175 Å². The third-order valence-electron chi connectivity index (χ3n) is 4.40. The van der Waals surface area contributed by atoms with E-state index in [-0.39, 0.29) is 5.82 Å². The van der Waals surface area contributed by atoms with Gasteiger partial charge in [-0.05, 0) is 48.5 Å². The Balaban J connectivity index is 1.41. The van der Waals surface area contributed by atoms with Crippen molar-refractivity contribution in [1.29, 1.82) is 0 Å². The molecular weight excluding hydrogens is 403 g/mol. The molecule has 0 atom stereocenters. The van der Waals surface area contributed by atoms with Crippen LogP contribution in [0.25, 0.3) is 28.6 Å². The van der Waals surface area contributed by atoms with Crippen LogP contribution in [-0.4, -0.2) is 19.7 Å². The minimum absolute atomic E-state index is 0.290. The first kappa shape index (κ1) is 18.4. The quantitative estimate of drug-likeness (QED) is 0.334. The average Bonchev–Trinajstić information content (AvgIpc) is 3.53. The molecule has 5 rings (SSSR count). The van der Waals surface area contributed by atoms with Gasteiger partial charge in [-0.2, -0.15) is 0 Å². The Hall–Kier alpha value is -3.65. The van der Waals surface area contributed by atoms with E-state index in [2.05, 4.69) is 15.2 Å². The molecule has 3 heterocycles. The molecule has 3 aromatic heterocycles. The summed E-state index contributed by atoms with van der Waals surface area (Å²) in [7, 11) is 0. The summed E-state index contributed by atoms with van der Waals surface area (Å²) in [5.74, 6) is 2.56. The van der Waals surface area contributed by atoms with Crippen LogP contribution in [0.3, 0.4) is 0 Å². The number of hydrogen-bond acceptors (Lipinski definition) is 6. The number of para-hydroxylation sites is 1. The van der Waals surface area contributed by atoms with E-state index in [1.807, 2.05) is 47.0 Å². The summed E-state index contributed by atoms with van der Waals surface area (Å²) < 4.78 is 26.4. The number of hydrogen-bond donors (Lipinski definition) is 0. The number of rotatable bonds is 6. The third-order valence-corrected chi connectivity index (χ3v) is 5.31. The Morgan fingerprint density at radius 2 is 1.73 bits per heavy atom. The summed E-state index contributed by atoms with van der Waals surface area (Å²) in [6.45, 7) is 0. The fraction of sp³-hybridized carbons (Fsp3) is 0.0455. The van der Waals surface area contributed by atoms with Gasteiger partial charge in [-0.1, -0.05) is 30.0 Å². The molecule has 8 heteroatoms. The normalized spacial score (nSPS) is 11.1. The molecule has 0 aliphatic rings. The zero-order valence-corrected chi connectivity index (χ0v) is 16.4. The van der Waals surface area contributed by atoms with Crippen LogP contribution in [0.2, 0.25) is 0 Å². The topological polar surface area (TPSA) is 69.9 Å². The van der Waals surface area contributed by atoms with E-state index in [4.69, 9.17) is 8.83 Å². The van der Waals surface area contributed by atoms with Crippen molar-refractivity contribution >= 4 is 11.8 Å². The third kappa shape index (κ3) is 3.65. The van der Waals surface area contributed by atoms with Crippen molar-refractivity contribution in [3.63, 3.8) is 0 Å². The number of aromatic nitrogens is 4. The van der Waals surface area contributed by atoms with Crippen molar-refractivity contribution in [2.75, 3.05) is 0 Å². The molecule has 148 valence electrons. The number of nitrogens with zero attached hydrogens (tertiary/aromatic N) is 4. The van der Waals surface area contributed by atoms with E-state index in [1.165, 1.54) is 23.9 Å². The maximum atomic E-state index is 13.1. The van der Waals surface area contributed by atoms with Gasteiger partial charge in [-0.3, -0.25) is 4.57 Å². The van der Waals surface area contributed by atoms with Gasteiger partial charge in [0, 0.05) is 11.3 Å². The number of halogens is 1. The second kappa shape index (κ2) is 8.00. The zero-order chi connectivity index (χ0) is 20.3. The SMILES string of the molecule is Fc1ccc(-c2cnc(CSc3nnc(-c4ccco4)n3-c3ccccc3)o2)cc1. The van der Waals surface area contributed by atoms with Crippen molar-refractivity contribution < 1.29 is 13.2 Å². The fourth-order valence-electron chi connectivity index (χ4n) is 2.99. The van der Waals surface area contributed by atoms with Gasteiger partial charge in [-0.15, -0.1) is 10.2 Å². The lowest BCUT2D eigenvalue weighted by Gasteiger charge is -2.08. The molecule has 0 aliphatic carbocycles. The van der Waals surface area contributed by atoms with Crippen LogP contribution in [0.4, 0.5) is 4.39 Å². The largest absolute Gasteiger partial charge is 0.461 e. The van der Waals surface area contributed by atoms with Crippen molar-refractivity contribution in [3.8, 4) is 28.6 Å². The van der Waals surface area contributed by atoms with Crippen LogP contribution in [0.1, 0.15) is 5.89 Å². The summed E-state index contributed by atoms with van der Waals surface area (Å²) >= 11 is 1.46. The first-order chi connectivity index (χ1) is 14.8. The van der Waals surface area contributed by atoms with Crippen molar-refractivity contribution in [2.45, 2.75) is 10.9 Å². The standard InChI is InChI=1S/C22H15FN4O2S/c23-16-10-8-15(9-11-16)19-13-24-20(29-19)14-30-22-26-25-21(18-7-4-12-28-18)27(22)17-5-2-1-3-6-17/h1-13H,14H2. The highest BCUT2D eigenvalue weighted by atomic mass is 32.2. The van der Waals surface area contributed by atoms with E-state index >= 15 is 0 Å². The highest BCUT2D eigenvalue weighted by Gasteiger charge is 2.18. The molecular formula is C22H15FN4O2S. The second-order valence-corrected chi connectivity index (χ2v) is 7.31.